The SMILES string of the molecule is O=C(NCCC(O)C(F)(F)F)c1cc(-c2cccnc2)nc2ccccc12. The summed E-state index contributed by atoms with van der Waals surface area (Å²) in [7, 11) is 0. The van der Waals surface area contributed by atoms with E-state index in [-0.39, 0.29) is 6.54 Å². The first kappa shape index (κ1) is 18.8. The standard InChI is InChI=1S/C19H16F3N3O2/c20-19(21,22)17(26)7-9-24-18(27)14-10-16(12-4-3-8-23-11-12)25-15-6-2-1-5-13(14)15/h1-6,8,10-11,17,26H,7,9H2,(H,24,27). The number of carbonyl (C=O) groups is 1. The molecule has 27 heavy (non-hydrogen) atoms. The number of aliphatic hydroxyl groups excluding tert-OH is 1. The molecule has 3 rings (SSSR count). The molecule has 0 aliphatic rings. The summed E-state index contributed by atoms with van der Waals surface area (Å²) in [6.45, 7) is -0.307. The first-order valence-electron chi connectivity index (χ1n) is 8.19. The second kappa shape index (κ2) is 7.71. The Morgan fingerprint density at radius 2 is 1.96 bits per heavy atom. The van der Waals surface area contributed by atoms with Crippen LogP contribution in [-0.2, 0) is 0 Å². The number of fused-ring (bicyclic) bond motifs is 1. The van der Waals surface area contributed by atoms with Crippen molar-refractivity contribution in [3.8, 4) is 11.3 Å². The molecule has 8 heteroatoms. The van der Waals surface area contributed by atoms with E-state index >= 15 is 0 Å². The molecule has 0 spiro atoms. The Labute approximate surface area is 152 Å². The highest BCUT2D eigenvalue weighted by Gasteiger charge is 2.37. The van der Waals surface area contributed by atoms with Gasteiger partial charge in [-0.2, -0.15) is 13.2 Å². The fraction of sp³-hybridized carbons (Fsp3) is 0.211. The lowest BCUT2D eigenvalue weighted by Crippen LogP contribution is -2.34. The van der Waals surface area contributed by atoms with Crippen LogP contribution in [-0.4, -0.2) is 39.8 Å². The largest absolute Gasteiger partial charge is 0.414 e. The van der Waals surface area contributed by atoms with Gasteiger partial charge in [0.15, 0.2) is 6.10 Å². The van der Waals surface area contributed by atoms with Crippen LogP contribution < -0.4 is 5.32 Å². The van der Waals surface area contributed by atoms with Gasteiger partial charge in [-0.25, -0.2) is 4.98 Å². The van der Waals surface area contributed by atoms with Crippen molar-refractivity contribution in [3.05, 3.63) is 60.4 Å². The molecule has 2 heterocycles. The zero-order valence-corrected chi connectivity index (χ0v) is 14.1. The van der Waals surface area contributed by atoms with Gasteiger partial charge in [0, 0.05) is 29.9 Å². The summed E-state index contributed by atoms with van der Waals surface area (Å²) < 4.78 is 37.1. The van der Waals surface area contributed by atoms with Gasteiger partial charge >= 0.3 is 6.18 Å². The second-order valence-corrected chi connectivity index (χ2v) is 5.92. The number of carbonyl (C=O) groups excluding carboxylic acids is 1. The number of aliphatic hydroxyl groups is 1. The number of hydrogen-bond acceptors (Lipinski definition) is 4. The van der Waals surface area contributed by atoms with E-state index in [1.165, 1.54) is 0 Å². The van der Waals surface area contributed by atoms with Crippen molar-refractivity contribution < 1.29 is 23.1 Å². The Hall–Kier alpha value is -3.00. The maximum atomic E-state index is 12.6. The van der Waals surface area contributed by atoms with Gasteiger partial charge in [0.05, 0.1) is 16.8 Å². The average molecular weight is 375 g/mol. The summed E-state index contributed by atoms with van der Waals surface area (Å²) in [4.78, 5) is 21.1. The van der Waals surface area contributed by atoms with Crippen molar-refractivity contribution in [2.75, 3.05) is 6.54 Å². The van der Waals surface area contributed by atoms with Crippen LogP contribution in [0.25, 0.3) is 22.2 Å². The van der Waals surface area contributed by atoms with Gasteiger partial charge in [-0.1, -0.05) is 18.2 Å². The summed E-state index contributed by atoms with van der Waals surface area (Å²) in [5.41, 5.74) is 2.12. The Bertz CT molecular complexity index is 946. The van der Waals surface area contributed by atoms with E-state index in [0.29, 0.717) is 27.7 Å². The lowest BCUT2D eigenvalue weighted by Gasteiger charge is -2.15. The number of halogens is 3. The first-order chi connectivity index (χ1) is 12.9. The molecule has 0 radical (unpaired) electrons. The van der Waals surface area contributed by atoms with Gasteiger partial charge in [-0.3, -0.25) is 9.78 Å². The summed E-state index contributed by atoms with van der Waals surface area (Å²) in [5.74, 6) is -0.534. The lowest BCUT2D eigenvalue weighted by atomic mass is 10.0. The molecule has 0 saturated heterocycles. The molecule has 1 atom stereocenters. The molecule has 0 fully saturated rings. The van der Waals surface area contributed by atoms with Crippen molar-refractivity contribution in [1.29, 1.82) is 0 Å². The van der Waals surface area contributed by atoms with E-state index in [2.05, 4.69) is 15.3 Å². The van der Waals surface area contributed by atoms with Crippen molar-refractivity contribution in [2.45, 2.75) is 18.7 Å². The Balaban J connectivity index is 1.87. The van der Waals surface area contributed by atoms with Crippen LogP contribution in [0.2, 0.25) is 0 Å². The predicted octanol–water partition coefficient (Wildman–Crippen LogP) is 3.34. The maximum Gasteiger partial charge on any atom is 0.414 e. The number of nitrogens with one attached hydrogen (secondary N) is 1. The Kier molecular flexibility index (Phi) is 5.36. The molecular formula is C19H16F3N3O2. The van der Waals surface area contributed by atoms with Crippen LogP contribution in [0.4, 0.5) is 13.2 Å². The zero-order chi connectivity index (χ0) is 19.4. The van der Waals surface area contributed by atoms with Crippen molar-refractivity contribution in [2.24, 2.45) is 0 Å². The molecule has 0 bridgehead atoms. The third-order valence-corrected chi connectivity index (χ3v) is 4.00. The summed E-state index contributed by atoms with van der Waals surface area (Å²) in [6, 6.07) is 12.1. The number of alkyl halides is 3. The number of nitrogens with zero attached hydrogens (tertiary/aromatic N) is 2. The predicted molar refractivity (Wildman–Crippen MR) is 94.0 cm³/mol. The lowest BCUT2D eigenvalue weighted by molar-refractivity contribution is -0.204. The quantitative estimate of drug-likeness (QED) is 0.717. The van der Waals surface area contributed by atoms with Crippen LogP contribution in [0.5, 0.6) is 0 Å². The molecule has 2 aromatic heterocycles. The third-order valence-electron chi connectivity index (χ3n) is 4.00. The molecule has 140 valence electrons. The van der Waals surface area contributed by atoms with Gasteiger partial charge in [-0.15, -0.1) is 0 Å². The number of aromatic nitrogens is 2. The smallest absolute Gasteiger partial charge is 0.384 e. The van der Waals surface area contributed by atoms with Gasteiger partial charge in [0.25, 0.3) is 5.91 Å². The molecular weight excluding hydrogens is 359 g/mol. The number of pyridine rings is 2. The normalized spacial score (nSPS) is 12.7. The molecule has 0 aliphatic carbocycles. The highest BCUT2D eigenvalue weighted by molar-refractivity contribution is 6.07. The maximum absolute atomic E-state index is 12.6. The van der Waals surface area contributed by atoms with Gasteiger partial charge in [0.1, 0.15) is 0 Å². The van der Waals surface area contributed by atoms with Crippen molar-refractivity contribution in [3.63, 3.8) is 0 Å². The molecule has 2 N–H and O–H groups in total. The second-order valence-electron chi connectivity index (χ2n) is 5.92. The van der Waals surface area contributed by atoms with E-state index in [4.69, 9.17) is 5.11 Å². The van der Waals surface area contributed by atoms with E-state index in [9.17, 15) is 18.0 Å². The number of hydrogen-bond donors (Lipinski definition) is 2. The molecule has 1 amide bonds. The molecule has 0 aliphatic heterocycles. The average Bonchev–Trinajstić information content (AvgIpc) is 2.66. The highest BCUT2D eigenvalue weighted by atomic mass is 19.4. The van der Waals surface area contributed by atoms with Crippen molar-refractivity contribution >= 4 is 16.8 Å². The third kappa shape index (κ3) is 4.40. The zero-order valence-electron chi connectivity index (χ0n) is 14.1. The minimum atomic E-state index is -4.71. The summed E-state index contributed by atoms with van der Waals surface area (Å²) in [6.07, 6.45) is -4.57. The van der Waals surface area contributed by atoms with Crippen LogP contribution in [0.1, 0.15) is 16.8 Å². The van der Waals surface area contributed by atoms with Gasteiger partial charge in [-0.05, 0) is 30.7 Å². The fourth-order valence-electron chi connectivity index (χ4n) is 2.61. The van der Waals surface area contributed by atoms with Crippen LogP contribution in [0, 0.1) is 0 Å². The van der Waals surface area contributed by atoms with E-state index in [0.717, 1.165) is 0 Å². The van der Waals surface area contributed by atoms with Crippen LogP contribution >= 0.6 is 0 Å². The summed E-state index contributed by atoms with van der Waals surface area (Å²) >= 11 is 0. The molecule has 3 aromatic rings. The van der Waals surface area contributed by atoms with Crippen LogP contribution in [0.15, 0.2) is 54.9 Å². The summed E-state index contributed by atoms with van der Waals surface area (Å²) in [5, 5.41) is 12.1. The Morgan fingerprint density at radius 1 is 1.19 bits per heavy atom. The van der Waals surface area contributed by atoms with E-state index in [1.54, 1.807) is 54.9 Å². The van der Waals surface area contributed by atoms with Gasteiger partial charge in [0.2, 0.25) is 0 Å². The Morgan fingerprint density at radius 3 is 2.67 bits per heavy atom. The van der Waals surface area contributed by atoms with Gasteiger partial charge < -0.3 is 10.4 Å². The number of rotatable bonds is 5. The molecule has 5 nitrogen and oxygen atoms in total. The topological polar surface area (TPSA) is 75.1 Å². The van der Waals surface area contributed by atoms with Crippen molar-refractivity contribution in [1.82, 2.24) is 15.3 Å². The number of para-hydroxylation sites is 1. The minimum Gasteiger partial charge on any atom is -0.384 e. The number of benzene rings is 1. The molecule has 0 saturated carbocycles. The van der Waals surface area contributed by atoms with E-state index < -0.39 is 24.6 Å². The molecule has 1 aromatic carbocycles. The molecule has 1 unspecified atom stereocenters. The highest BCUT2D eigenvalue weighted by Crippen LogP contribution is 2.25. The monoisotopic (exact) mass is 375 g/mol. The fourth-order valence-corrected chi connectivity index (χ4v) is 2.61. The number of amides is 1. The first-order valence-corrected chi connectivity index (χ1v) is 8.19. The van der Waals surface area contributed by atoms with Crippen LogP contribution in [0.3, 0.4) is 0 Å². The minimum absolute atomic E-state index is 0.293. The van der Waals surface area contributed by atoms with E-state index in [1.807, 2.05) is 0 Å².